The lowest BCUT2D eigenvalue weighted by atomic mass is 9.85. The number of nitrogens with one attached hydrogen (secondary N) is 1. The number of phenols is 1. The van der Waals surface area contributed by atoms with Crippen molar-refractivity contribution in [3.05, 3.63) is 58.6 Å². The zero-order valence-electron chi connectivity index (χ0n) is 15.0. The average molecular weight is 380 g/mol. The van der Waals surface area contributed by atoms with E-state index < -0.39 is 0 Å². The molecule has 0 aliphatic heterocycles. The summed E-state index contributed by atoms with van der Waals surface area (Å²) in [7, 11) is 0. The zero-order valence-corrected chi connectivity index (χ0v) is 15.8. The molecule has 1 amide bonds. The van der Waals surface area contributed by atoms with Crippen LogP contribution in [-0.2, 0) is 6.54 Å². The number of amides is 1. The summed E-state index contributed by atoms with van der Waals surface area (Å²) in [6.07, 6.45) is 8.94. The largest absolute Gasteiger partial charge is 0.508 e. The van der Waals surface area contributed by atoms with Crippen LogP contribution < -0.4 is 5.32 Å². The molecule has 1 saturated carbocycles. The quantitative estimate of drug-likeness (QED) is 0.703. The summed E-state index contributed by atoms with van der Waals surface area (Å²) in [5.74, 6) is 0.394. The number of rotatable bonds is 5. The van der Waals surface area contributed by atoms with Crippen molar-refractivity contribution in [2.45, 2.75) is 38.6 Å². The Morgan fingerprint density at radius 3 is 2.74 bits per heavy atom. The normalized spacial score (nSPS) is 14.0. The Morgan fingerprint density at radius 2 is 2.04 bits per heavy atom. The van der Waals surface area contributed by atoms with Crippen molar-refractivity contribution in [2.75, 3.05) is 0 Å². The average Bonchev–Trinajstić information content (AvgIpc) is 3.08. The summed E-state index contributed by atoms with van der Waals surface area (Å²) in [5.41, 5.74) is 2.66. The van der Waals surface area contributed by atoms with E-state index in [-0.39, 0.29) is 18.2 Å². The predicted octanol–water partition coefficient (Wildman–Crippen LogP) is 3.81. The van der Waals surface area contributed by atoms with Crippen LogP contribution in [-0.4, -0.2) is 26.0 Å². The Labute approximate surface area is 161 Å². The van der Waals surface area contributed by atoms with Gasteiger partial charge in [-0.3, -0.25) is 14.8 Å². The monoisotopic (exact) mass is 380 g/mol. The molecule has 0 radical (unpaired) electrons. The first kappa shape index (κ1) is 17.6. The highest BCUT2D eigenvalue weighted by Crippen LogP contribution is 2.41. The van der Waals surface area contributed by atoms with Crippen LogP contribution in [0.4, 0.5) is 0 Å². The van der Waals surface area contributed by atoms with Crippen LogP contribution in [0.3, 0.4) is 0 Å². The zero-order chi connectivity index (χ0) is 18.8. The number of hydrogen-bond acceptors (Lipinski definition) is 6. The van der Waals surface area contributed by atoms with E-state index in [2.05, 4.69) is 20.3 Å². The van der Waals surface area contributed by atoms with E-state index in [1.165, 1.54) is 30.2 Å². The molecule has 4 rings (SSSR count). The SMILES string of the molecule is Cc1cnc(CNC(=O)c2cc(O)cc(-c3ncc(C4CCC4)s3)c2)cn1. The van der Waals surface area contributed by atoms with Gasteiger partial charge < -0.3 is 10.4 Å². The second-order valence-electron chi connectivity index (χ2n) is 6.80. The second-order valence-corrected chi connectivity index (χ2v) is 7.86. The first-order valence-corrected chi connectivity index (χ1v) is 9.76. The fourth-order valence-electron chi connectivity index (χ4n) is 2.95. The maximum atomic E-state index is 12.5. The van der Waals surface area contributed by atoms with Gasteiger partial charge in [-0.1, -0.05) is 6.42 Å². The van der Waals surface area contributed by atoms with Crippen LogP contribution in [0.2, 0.25) is 0 Å². The molecule has 138 valence electrons. The van der Waals surface area contributed by atoms with Crippen molar-refractivity contribution < 1.29 is 9.90 Å². The number of hydrogen-bond donors (Lipinski definition) is 2. The Bertz CT molecular complexity index is 964. The number of aromatic nitrogens is 3. The van der Waals surface area contributed by atoms with Gasteiger partial charge in [0.05, 0.1) is 24.1 Å². The first-order chi connectivity index (χ1) is 13.1. The Morgan fingerprint density at radius 1 is 1.19 bits per heavy atom. The third-order valence-electron chi connectivity index (χ3n) is 4.72. The van der Waals surface area contributed by atoms with Gasteiger partial charge in [0, 0.05) is 28.4 Å². The Kier molecular flexibility index (Phi) is 4.85. The van der Waals surface area contributed by atoms with Gasteiger partial charge in [-0.2, -0.15) is 0 Å². The van der Waals surface area contributed by atoms with Gasteiger partial charge in [0.1, 0.15) is 10.8 Å². The molecule has 2 N–H and O–H groups in total. The lowest BCUT2D eigenvalue weighted by molar-refractivity contribution is 0.0950. The molecule has 0 unspecified atom stereocenters. The van der Waals surface area contributed by atoms with Crippen LogP contribution >= 0.6 is 11.3 Å². The number of carbonyl (C=O) groups excluding carboxylic acids is 1. The van der Waals surface area contributed by atoms with E-state index in [0.29, 0.717) is 17.2 Å². The maximum Gasteiger partial charge on any atom is 0.251 e. The van der Waals surface area contributed by atoms with Crippen molar-refractivity contribution in [3.8, 4) is 16.3 Å². The molecule has 1 aliphatic rings. The molecule has 0 saturated heterocycles. The topological polar surface area (TPSA) is 88.0 Å². The molecule has 7 heteroatoms. The highest BCUT2D eigenvalue weighted by Gasteiger charge is 2.22. The standard InChI is InChI=1S/C20H20N4O2S/c1-12-8-22-16(9-21-12)10-23-19(26)14-5-15(7-17(25)6-14)20-24-11-18(27-20)13-3-2-4-13/h5-9,11,13,25H,2-4,10H2,1H3,(H,23,26). The number of carbonyl (C=O) groups is 1. The van der Waals surface area contributed by atoms with Crippen LogP contribution in [0.5, 0.6) is 5.75 Å². The summed E-state index contributed by atoms with van der Waals surface area (Å²) in [5, 5.41) is 13.7. The van der Waals surface area contributed by atoms with E-state index in [9.17, 15) is 9.90 Å². The highest BCUT2D eigenvalue weighted by atomic mass is 32.1. The predicted molar refractivity (Wildman–Crippen MR) is 104 cm³/mol. The van der Waals surface area contributed by atoms with E-state index in [1.807, 2.05) is 13.1 Å². The van der Waals surface area contributed by atoms with E-state index in [1.54, 1.807) is 35.9 Å². The van der Waals surface area contributed by atoms with Gasteiger partial charge in [0.2, 0.25) is 0 Å². The number of aryl methyl sites for hydroxylation is 1. The number of nitrogens with zero attached hydrogens (tertiary/aromatic N) is 3. The van der Waals surface area contributed by atoms with Crippen LogP contribution in [0, 0.1) is 6.92 Å². The summed E-state index contributed by atoms with van der Waals surface area (Å²) in [4.78, 5) is 26.7. The fraction of sp³-hybridized carbons (Fsp3) is 0.300. The molecule has 0 spiro atoms. The molecule has 0 atom stereocenters. The third-order valence-corrected chi connectivity index (χ3v) is 5.93. The molecular formula is C20H20N4O2S. The summed E-state index contributed by atoms with van der Waals surface area (Å²) in [6, 6.07) is 4.87. The molecule has 1 aromatic carbocycles. The van der Waals surface area contributed by atoms with Gasteiger partial charge in [-0.15, -0.1) is 11.3 Å². The molecule has 0 bridgehead atoms. The molecular weight excluding hydrogens is 360 g/mol. The van der Waals surface area contributed by atoms with E-state index in [4.69, 9.17) is 0 Å². The van der Waals surface area contributed by atoms with Crippen molar-refractivity contribution in [1.29, 1.82) is 0 Å². The molecule has 1 fully saturated rings. The molecule has 6 nitrogen and oxygen atoms in total. The third kappa shape index (κ3) is 3.98. The van der Waals surface area contributed by atoms with Gasteiger partial charge in [0.25, 0.3) is 5.91 Å². The van der Waals surface area contributed by atoms with Crippen LogP contribution in [0.15, 0.2) is 36.8 Å². The molecule has 1 aliphatic carbocycles. The van der Waals surface area contributed by atoms with Gasteiger partial charge in [-0.25, -0.2) is 4.98 Å². The Balaban J connectivity index is 1.50. The highest BCUT2D eigenvalue weighted by molar-refractivity contribution is 7.15. The maximum absolute atomic E-state index is 12.5. The number of phenolic OH excluding ortho intramolecular Hbond substituents is 1. The molecule has 3 aromatic rings. The van der Waals surface area contributed by atoms with Crippen molar-refractivity contribution >= 4 is 17.2 Å². The van der Waals surface area contributed by atoms with Gasteiger partial charge in [0.15, 0.2) is 0 Å². The Hall–Kier alpha value is -2.80. The summed E-state index contributed by atoms with van der Waals surface area (Å²) in [6.45, 7) is 2.14. The number of thiazole rings is 1. The first-order valence-electron chi connectivity index (χ1n) is 8.94. The number of aromatic hydroxyl groups is 1. The molecule has 2 aromatic heterocycles. The lowest BCUT2D eigenvalue weighted by Crippen LogP contribution is -2.23. The lowest BCUT2D eigenvalue weighted by Gasteiger charge is -2.23. The number of benzene rings is 1. The van der Waals surface area contributed by atoms with Gasteiger partial charge in [-0.05, 0) is 43.9 Å². The van der Waals surface area contributed by atoms with Crippen LogP contribution in [0.25, 0.3) is 10.6 Å². The summed E-state index contributed by atoms with van der Waals surface area (Å²) < 4.78 is 0. The van der Waals surface area contributed by atoms with E-state index >= 15 is 0 Å². The smallest absolute Gasteiger partial charge is 0.251 e. The molecule has 2 heterocycles. The minimum absolute atomic E-state index is 0.0492. The minimum atomic E-state index is -0.273. The van der Waals surface area contributed by atoms with Gasteiger partial charge >= 0.3 is 0 Å². The van der Waals surface area contributed by atoms with Crippen molar-refractivity contribution in [2.24, 2.45) is 0 Å². The minimum Gasteiger partial charge on any atom is -0.508 e. The van der Waals surface area contributed by atoms with Crippen molar-refractivity contribution in [1.82, 2.24) is 20.3 Å². The fourth-order valence-corrected chi connectivity index (χ4v) is 4.02. The summed E-state index contributed by atoms with van der Waals surface area (Å²) >= 11 is 1.64. The van der Waals surface area contributed by atoms with E-state index in [0.717, 1.165) is 16.3 Å². The van der Waals surface area contributed by atoms with Crippen LogP contribution in [0.1, 0.15) is 51.8 Å². The second kappa shape index (κ2) is 7.44. The molecule has 27 heavy (non-hydrogen) atoms. The van der Waals surface area contributed by atoms with Crippen molar-refractivity contribution in [3.63, 3.8) is 0 Å².